The number of hydrogen-bond acceptors (Lipinski definition) is 7. The van der Waals surface area contributed by atoms with Crippen LogP contribution in [0.5, 0.6) is 0 Å². The van der Waals surface area contributed by atoms with E-state index in [4.69, 9.17) is 0 Å². The number of anilines is 3. The van der Waals surface area contributed by atoms with Crippen molar-refractivity contribution in [1.82, 2.24) is 9.97 Å². The fourth-order valence-corrected chi connectivity index (χ4v) is 4.74. The van der Waals surface area contributed by atoms with Crippen LogP contribution in [0, 0.1) is 5.82 Å². The molecule has 9 heteroatoms. The average molecular weight is 470 g/mol. The van der Waals surface area contributed by atoms with Gasteiger partial charge in [-0.3, -0.25) is 4.79 Å². The Kier molecular flexibility index (Phi) is 7.49. The predicted octanol–water partition coefficient (Wildman–Crippen LogP) is 4.40. The number of nitrogens with one attached hydrogen (secondary N) is 1. The predicted molar refractivity (Wildman–Crippen MR) is 130 cm³/mol. The molecular formula is C23H24FN5OS2. The number of piperazine rings is 1. The number of nitrogens with zero attached hydrogens (tertiary/aromatic N) is 4. The maximum atomic E-state index is 13.2. The van der Waals surface area contributed by atoms with Crippen LogP contribution in [0.3, 0.4) is 0 Å². The number of amides is 1. The Bertz CT molecular complexity index is 1060. The van der Waals surface area contributed by atoms with E-state index in [9.17, 15) is 9.18 Å². The molecule has 2 aromatic carbocycles. The minimum absolute atomic E-state index is 0.0778. The maximum absolute atomic E-state index is 13.2. The highest BCUT2D eigenvalue weighted by Gasteiger charge is 2.21. The largest absolute Gasteiger partial charge is 0.368 e. The second kappa shape index (κ2) is 10.7. The molecule has 32 heavy (non-hydrogen) atoms. The lowest BCUT2D eigenvalue weighted by molar-refractivity contribution is -0.113. The van der Waals surface area contributed by atoms with E-state index in [1.54, 1.807) is 24.2 Å². The first kappa shape index (κ1) is 22.4. The molecule has 1 N–H and O–H groups in total. The van der Waals surface area contributed by atoms with E-state index in [0.717, 1.165) is 53.3 Å². The molecule has 2 heterocycles. The third-order valence-corrected chi connectivity index (χ3v) is 6.80. The third-order valence-electron chi connectivity index (χ3n) is 5.11. The Hall–Kier alpha value is -2.78. The maximum Gasteiger partial charge on any atom is 0.234 e. The minimum atomic E-state index is -0.227. The molecule has 4 rings (SSSR count). The molecule has 0 spiro atoms. The molecule has 166 valence electrons. The summed E-state index contributed by atoms with van der Waals surface area (Å²) >= 11 is 3.03. The number of hydrogen-bond donors (Lipinski definition) is 1. The monoisotopic (exact) mass is 469 g/mol. The van der Waals surface area contributed by atoms with Crippen molar-refractivity contribution in [3.8, 4) is 0 Å². The molecule has 0 bridgehead atoms. The zero-order valence-electron chi connectivity index (χ0n) is 17.7. The van der Waals surface area contributed by atoms with Gasteiger partial charge in [0.2, 0.25) is 5.91 Å². The van der Waals surface area contributed by atoms with Gasteiger partial charge in [0.15, 0.2) is 5.82 Å². The van der Waals surface area contributed by atoms with E-state index in [0.29, 0.717) is 0 Å². The number of thioether (sulfide) groups is 2. The smallest absolute Gasteiger partial charge is 0.234 e. The van der Waals surface area contributed by atoms with Crippen molar-refractivity contribution in [1.29, 1.82) is 0 Å². The molecule has 0 radical (unpaired) electrons. The molecule has 0 saturated carbocycles. The quantitative estimate of drug-likeness (QED) is 0.515. The molecular weight excluding hydrogens is 445 g/mol. The summed E-state index contributed by atoms with van der Waals surface area (Å²) in [6.07, 6.45) is 5.34. The van der Waals surface area contributed by atoms with Gasteiger partial charge >= 0.3 is 0 Å². The number of aromatic nitrogens is 2. The van der Waals surface area contributed by atoms with Gasteiger partial charge in [-0.15, -0.1) is 11.8 Å². The number of benzene rings is 2. The van der Waals surface area contributed by atoms with Crippen molar-refractivity contribution in [2.45, 2.75) is 9.92 Å². The molecule has 1 amide bonds. The first-order chi connectivity index (χ1) is 15.6. The van der Waals surface area contributed by atoms with Crippen LogP contribution in [-0.4, -0.2) is 54.1 Å². The standard InChI is InChI=1S/C23H24FN5OS2/c1-31-20-4-2-3-18(15-20)27-21(30)16-32-23-22(25-9-10-26-23)29-13-11-28(12-14-29)19-7-5-17(24)6-8-19/h2-10,15H,11-14,16H2,1H3,(H,27,30). The van der Waals surface area contributed by atoms with E-state index in [2.05, 4.69) is 25.1 Å². The molecule has 1 aliphatic heterocycles. The summed E-state index contributed by atoms with van der Waals surface area (Å²) in [4.78, 5) is 27.0. The van der Waals surface area contributed by atoms with Crippen LogP contribution in [-0.2, 0) is 4.79 Å². The first-order valence-electron chi connectivity index (χ1n) is 10.3. The molecule has 0 unspecified atom stereocenters. The van der Waals surface area contributed by atoms with Crippen molar-refractivity contribution >= 4 is 46.6 Å². The third kappa shape index (κ3) is 5.72. The lowest BCUT2D eigenvalue weighted by atomic mass is 10.2. The van der Waals surface area contributed by atoms with Crippen LogP contribution in [0.15, 0.2) is 70.8 Å². The van der Waals surface area contributed by atoms with E-state index in [1.807, 2.05) is 42.7 Å². The van der Waals surface area contributed by atoms with Crippen molar-refractivity contribution in [2.75, 3.05) is 53.3 Å². The fraction of sp³-hybridized carbons (Fsp3) is 0.261. The van der Waals surface area contributed by atoms with Gasteiger partial charge in [0.1, 0.15) is 10.8 Å². The molecule has 1 saturated heterocycles. The van der Waals surface area contributed by atoms with Gasteiger partial charge in [0.25, 0.3) is 0 Å². The fourth-order valence-electron chi connectivity index (χ4n) is 3.50. The van der Waals surface area contributed by atoms with Crippen molar-refractivity contribution < 1.29 is 9.18 Å². The number of rotatable bonds is 7. The molecule has 1 aliphatic rings. The Morgan fingerprint density at radius 1 is 1.03 bits per heavy atom. The van der Waals surface area contributed by atoms with Gasteiger partial charge in [-0.05, 0) is 48.7 Å². The number of halogens is 1. The van der Waals surface area contributed by atoms with Crippen LogP contribution in [0.1, 0.15) is 0 Å². The summed E-state index contributed by atoms with van der Waals surface area (Å²) in [5.41, 5.74) is 1.81. The van der Waals surface area contributed by atoms with Gasteiger partial charge < -0.3 is 15.1 Å². The molecule has 0 aliphatic carbocycles. The van der Waals surface area contributed by atoms with Gasteiger partial charge in [0, 0.05) is 54.8 Å². The second-order valence-electron chi connectivity index (χ2n) is 7.20. The van der Waals surface area contributed by atoms with Gasteiger partial charge in [-0.2, -0.15) is 0 Å². The lowest BCUT2D eigenvalue weighted by Gasteiger charge is -2.37. The van der Waals surface area contributed by atoms with Crippen LogP contribution in [0.2, 0.25) is 0 Å². The molecule has 0 atom stereocenters. The molecule has 1 fully saturated rings. The van der Waals surface area contributed by atoms with Crippen LogP contribution in [0.25, 0.3) is 0 Å². The highest BCUT2D eigenvalue weighted by molar-refractivity contribution is 8.00. The summed E-state index contributed by atoms with van der Waals surface area (Å²) in [6.45, 7) is 3.16. The SMILES string of the molecule is CSc1cccc(NC(=O)CSc2nccnc2N2CCN(c3ccc(F)cc3)CC2)c1. The Morgan fingerprint density at radius 2 is 1.75 bits per heavy atom. The van der Waals surface area contributed by atoms with Gasteiger partial charge in [-0.1, -0.05) is 17.8 Å². The summed E-state index contributed by atoms with van der Waals surface area (Å²) in [7, 11) is 0. The molecule has 3 aromatic rings. The highest BCUT2D eigenvalue weighted by atomic mass is 32.2. The summed E-state index contributed by atoms with van der Waals surface area (Å²) in [5, 5.41) is 3.69. The summed E-state index contributed by atoms with van der Waals surface area (Å²) < 4.78 is 13.2. The van der Waals surface area contributed by atoms with Crippen LogP contribution >= 0.6 is 23.5 Å². The van der Waals surface area contributed by atoms with Gasteiger partial charge in [0.05, 0.1) is 5.75 Å². The van der Waals surface area contributed by atoms with E-state index >= 15 is 0 Å². The van der Waals surface area contributed by atoms with Crippen molar-refractivity contribution in [3.63, 3.8) is 0 Å². The molecule has 6 nitrogen and oxygen atoms in total. The van der Waals surface area contributed by atoms with Gasteiger partial charge in [-0.25, -0.2) is 14.4 Å². The van der Waals surface area contributed by atoms with Crippen molar-refractivity contribution in [2.24, 2.45) is 0 Å². The molecule has 1 aromatic heterocycles. The highest BCUT2D eigenvalue weighted by Crippen LogP contribution is 2.28. The average Bonchev–Trinajstić information content (AvgIpc) is 2.84. The normalized spacial score (nSPS) is 13.8. The van der Waals surface area contributed by atoms with Crippen LogP contribution in [0.4, 0.5) is 21.6 Å². The summed E-state index contributed by atoms with van der Waals surface area (Å²) in [5.74, 6) is 0.749. The van der Waals surface area contributed by atoms with E-state index in [1.165, 1.54) is 23.9 Å². The van der Waals surface area contributed by atoms with Crippen molar-refractivity contribution in [3.05, 3.63) is 66.7 Å². The summed E-state index contributed by atoms with van der Waals surface area (Å²) in [6, 6.07) is 14.4. The number of carbonyl (C=O) groups is 1. The zero-order chi connectivity index (χ0) is 22.3. The first-order valence-corrected chi connectivity index (χ1v) is 12.5. The van der Waals surface area contributed by atoms with Crippen LogP contribution < -0.4 is 15.1 Å². The Balaban J connectivity index is 1.34. The Morgan fingerprint density at radius 3 is 2.50 bits per heavy atom. The second-order valence-corrected chi connectivity index (χ2v) is 9.05. The minimum Gasteiger partial charge on any atom is -0.368 e. The van der Waals surface area contributed by atoms with E-state index in [-0.39, 0.29) is 17.5 Å². The number of carbonyl (C=O) groups excluding carboxylic acids is 1. The van der Waals surface area contributed by atoms with E-state index < -0.39 is 0 Å². The Labute approximate surface area is 195 Å². The lowest BCUT2D eigenvalue weighted by Crippen LogP contribution is -2.47. The zero-order valence-corrected chi connectivity index (χ0v) is 19.3. The topological polar surface area (TPSA) is 61.4 Å².